The predicted molar refractivity (Wildman–Crippen MR) is 193 cm³/mol. The summed E-state index contributed by atoms with van der Waals surface area (Å²) in [5.41, 5.74) is 3.89. The lowest BCUT2D eigenvalue weighted by atomic mass is 9.74. The van der Waals surface area contributed by atoms with Crippen LogP contribution in [0.1, 0.15) is 128 Å². The van der Waals surface area contributed by atoms with E-state index in [2.05, 4.69) is 65.9 Å². The molecule has 1 aliphatic rings. The van der Waals surface area contributed by atoms with Gasteiger partial charge >= 0.3 is 11.9 Å². The zero-order valence-electron chi connectivity index (χ0n) is 29.7. The number of benzene rings is 2. The van der Waals surface area contributed by atoms with Gasteiger partial charge in [-0.15, -0.1) is 0 Å². The number of aliphatic carboxylic acids is 1. The van der Waals surface area contributed by atoms with Gasteiger partial charge < -0.3 is 14.3 Å². The van der Waals surface area contributed by atoms with Crippen LogP contribution in [-0.4, -0.2) is 37.6 Å². The van der Waals surface area contributed by atoms with Crippen molar-refractivity contribution in [2.75, 3.05) is 0 Å². The Hall–Kier alpha value is -2.70. The molecule has 0 unspecified atom stereocenters. The molecule has 0 saturated carbocycles. The Labute approximate surface area is 280 Å². The second-order valence-electron chi connectivity index (χ2n) is 15.1. The maximum atomic E-state index is 13.5. The predicted octanol–water partition coefficient (Wildman–Crippen LogP) is 11.4. The van der Waals surface area contributed by atoms with Gasteiger partial charge in [0.05, 0.1) is 5.56 Å². The molecule has 1 N–H and O–H groups in total. The van der Waals surface area contributed by atoms with Crippen LogP contribution in [0.3, 0.4) is 0 Å². The number of carbonyl (C=O) groups is 2. The summed E-state index contributed by atoms with van der Waals surface area (Å²) in [7, 11) is -1.91. The number of carboxylic acids is 1. The van der Waals surface area contributed by atoms with Crippen LogP contribution < -0.4 is 0 Å². The molecule has 0 aromatic heterocycles. The lowest BCUT2D eigenvalue weighted by molar-refractivity contribution is -0.137. The molecule has 0 aliphatic heterocycles. The number of carbonyl (C=O) groups excluding carboxylic acids is 1. The lowest BCUT2D eigenvalue weighted by Gasteiger charge is -2.40. The summed E-state index contributed by atoms with van der Waals surface area (Å²) in [6.07, 6.45) is 14.4. The molecule has 6 heteroatoms. The van der Waals surface area contributed by atoms with Gasteiger partial charge in [0.15, 0.2) is 8.32 Å². The molecule has 0 radical (unpaired) electrons. The van der Waals surface area contributed by atoms with Crippen LogP contribution in [0.5, 0.6) is 0 Å². The van der Waals surface area contributed by atoms with Crippen LogP contribution in [0.2, 0.25) is 18.1 Å². The number of ether oxygens (including phenoxy) is 1. The molecular weight excluding hydrogens is 589 g/mol. The number of rotatable bonds is 19. The summed E-state index contributed by atoms with van der Waals surface area (Å²) in [6, 6.07) is 17.9. The fourth-order valence-corrected chi connectivity index (χ4v) is 7.80. The van der Waals surface area contributed by atoms with Gasteiger partial charge in [0.2, 0.25) is 0 Å². The molecule has 0 fully saturated rings. The third-order valence-corrected chi connectivity index (χ3v) is 15.0. The molecule has 3 atom stereocenters. The minimum absolute atomic E-state index is 0.163. The van der Waals surface area contributed by atoms with Crippen molar-refractivity contribution >= 4 is 20.3 Å². The zero-order valence-corrected chi connectivity index (χ0v) is 30.7. The van der Waals surface area contributed by atoms with Crippen LogP contribution in [0.25, 0.3) is 11.1 Å². The Morgan fingerprint density at radius 3 is 2.20 bits per heavy atom. The first kappa shape index (κ1) is 37.8. The number of hydrogen-bond acceptors (Lipinski definition) is 4. The van der Waals surface area contributed by atoms with E-state index >= 15 is 0 Å². The summed E-state index contributed by atoms with van der Waals surface area (Å²) < 4.78 is 13.3. The molecule has 2 aromatic rings. The first-order chi connectivity index (χ1) is 21.8. The fraction of sp³-hybridized carbons (Fsp3) is 0.600. The highest BCUT2D eigenvalue weighted by molar-refractivity contribution is 6.74. The molecule has 46 heavy (non-hydrogen) atoms. The number of carboxylic acid groups (broad SMARTS) is 1. The van der Waals surface area contributed by atoms with Crippen molar-refractivity contribution in [3.63, 3.8) is 0 Å². The molecule has 0 amide bonds. The molecule has 0 saturated heterocycles. The summed E-state index contributed by atoms with van der Waals surface area (Å²) in [6.45, 7) is 16.2. The van der Waals surface area contributed by atoms with E-state index in [0.717, 1.165) is 62.5 Å². The lowest BCUT2D eigenvalue weighted by Crippen LogP contribution is -2.44. The van der Waals surface area contributed by atoms with Gasteiger partial charge in [-0.05, 0) is 73.5 Å². The molecule has 254 valence electrons. The van der Waals surface area contributed by atoms with Crippen molar-refractivity contribution in [2.45, 2.75) is 148 Å². The minimum Gasteiger partial charge on any atom is -0.481 e. The van der Waals surface area contributed by atoms with Crippen LogP contribution in [0.15, 0.2) is 66.2 Å². The SMILES string of the molecule is CCCCC[C@@H](CCC1=CC[C@H](OC(=O)c2ccc(-c3ccccc3)cc2)[C@]1(C)CCCCCCC(=O)O)O[Si](C)(C)C(C)(C)C. The van der Waals surface area contributed by atoms with Gasteiger partial charge in [-0.1, -0.05) is 127 Å². The van der Waals surface area contributed by atoms with Crippen molar-refractivity contribution in [2.24, 2.45) is 5.41 Å². The van der Waals surface area contributed by atoms with E-state index in [9.17, 15) is 9.59 Å². The van der Waals surface area contributed by atoms with Gasteiger partial charge in [0.25, 0.3) is 0 Å². The summed E-state index contributed by atoms with van der Waals surface area (Å²) in [5.74, 6) is -1.00. The maximum absolute atomic E-state index is 13.5. The molecule has 5 nitrogen and oxygen atoms in total. The molecule has 1 aliphatic carbocycles. The van der Waals surface area contributed by atoms with Crippen molar-refractivity contribution in [1.82, 2.24) is 0 Å². The van der Waals surface area contributed by atoms with Crippen LogP contribution in [0.4, 0.5) is 0 Å². The number of unbranched alkanes of at least 4 members (excludes halogenated alkanes) is 5. The molecule has 0 heterocycles. The van der Waals surface area contributed by atoms with E-state index < -0.39 is 14.3 Å². The quantitative estimate of drug-likeness (QED) is 0.0710. The average Bonchev–Trinajstić information content (AvgIpc) is 3.31. The minimum atomic E-state index is -1.91. The molecule has 3 rings (SSSR count). The van der Waals surface area contributed by atoms with Crippen molar-refractivity contribution in [3.8, 4) is 11.1 Å². The van der Waals surface area contributed by atoms with E-state index in [1.165, 1.54) is 24.8 Å². The van der Waals surface area contributed by atoms with E-state index in [-0.39, 0.29) is 35.1 Å². The van der Waals surface area contributed by atoms with Crippen molar-refractivity contribution in [1.29, 1.82) is 0 Å². The first-order valence-electron chi connectivity index (χ1n) is 17.7. The normalized spacial score (nSPS) is 19.1. The zero-order chi connectivity index (χ0) is 33.8. The third kappa shape index (κ3) is 10.9. The van der Waals surface area contributed by atoms with Crippen molar-refractivity contribution in [3.05, 3.63) is 71.8 Å². The van der Waals surface area contributed by atoms with Gasteiger partial charge in [0.1, 0.15) is 6.10 Å². The summed E-state index contributed by atoms with van der Waals surface area (Å²) >= 11 is 0. The molecule has 0 bridgehead atoms. The average molecular weight is 649 g/mol. The second-order valence-corrected chi connectivity index (χ2v) is 19.8. The van der Waals surface area contributed by atoms with Gasteiger partial charge in [-0.3, -0.25) is 4.79 Å². The maximum Gasteiger partial charge on any atom is 0.338 e. The topological polar surface area (TPSA) is 72.8 Å². The smallest absolute Gasteiger partial charge is 0.338 e. The Balaban J connectivity index is 1.73. The number of esters is 1. The fourth-order valence-electron chi connectivity index (χ4n) is 6.38. The Morgan fingerprint density at radius 1 is 0.913 bits per heavy atom. The Kier molecular flexibility index (Phi) is 14.3. The van der Waals surface area contributed by atoms with E-state index in [1.807, 2.05) is 42.5 Å². The van der Waals surface area contributed by atoms with E-state index in [4.69, 9.17) is 14.3 Å². The van der Waals surface area contributed by atoms with Crippen LogP contribution in [-0.2, 0) is 14.0 Å². The van der Waals surface area contributed by atoms with Crippen molar-refractivity contribution < 1.29 is 23.9 Å². The second kappa shape index (κ2) is 17.4. The molecular formula is C40H60O5Si. The van der Waals surface area contributed by atoms with E-state index in [0.29, 0.717) is 12.0 Å². The highest BCUT2D eigenvalue weighted by Gasteiger charge is 2.44. The Morgan fingerprint density at radius 2 is 1.57 bits per heavy atom. The highest BCUT2D eigenvalue weighted by atomic mass is 28.4. The third-order valence-electron chi connectivity index (χ3n) is 10.5. The van der Waals surface area contributed by atoms with E-state index in [1.54, 1.807) is 0 Å². The number of hydrogen-bond donors (Lipinski definition) is 1. The van der Waals surface area contributed by atoms with Crippen LogP contribution >= 0.6 is 0 Å². The summed E-state index contributed by atoms with van der Waals surface area (Å²) in [4.78, 5) is 24.4. The molecule has 2 aromatic carbocycles. The molecule has 0 spiro atoms. The summed E-state index contributed by atoms with van der Waals surface area (Å²) in [5, 5.41) is 9.19. The Bertz CT molecular complexity index is 1260. The standard InChI is InChI=1S/C40H60O5Si/c1-8-9-13-20-35(45-46(6,7)39(2,3)4)28-26-34-27-29-36(40(34,5)30-17-11-10-16-21-37(41)42)44-38(43)33-24-22-32(23-25-33)31-18-14-12-15-19-31/h12,14-15,18-19,22-25,27,35-36H,8-11,13,16-17,20-21,26,28-30H2,1-7H3,(H,41,42)/t35-,36-,40+/m0/s1. The van der Waals surface area contributed by atoms with Gasteiger partial charge in [0, 0.05) is 24.4 Å². The first-order valence-corrected chi connectivity index (χ1v) is 20.6. The van der Waals surface area contributed by atoms with Crippen LogP contribution in [0, 0.1) is 5.41 Å². The largest absolute Gasteiger partial charge is 0.481 e. The monoisotopic (exact) mass is 648 g/mol. The highest BCUT2D eigenvalue weighted by Crippen LogP contribution is 2.48. The van der Waals surface area contributed by atoms with Gasteiger partial charge in [-0.25, -0.2) is 4.79 Å². The van der Waals surface area contributed by atoms with Gasteiger partial charge in [-0.2, -0.15) is 0 Å².